The number of aromatic nitrogens is 2. The molecule has 2 aliphatic carbocycles. The quantitative estimate of drug-likeness (QED) is 0.673. The van der Waals surface area contributed by atoms with Crippen LogP contribution in [0.25, 0.3) is 11.0 Å². The number of hydrogen-bond acceptors (Lipinski definition) is 2. The van der Waals surface area contributed by atoms with Crippen molar-refractivity contribution >= 4 is 16.9 Å². The molecule has 2 aliphatic rings. The summed E-state index contributed by atoms with van der Waals surface area (Å²) in [5.74, 6) is 3.06. The average molecular weight is 398 g/mol. The average Bonchev–Trinajstić information content (AvgIpc) is 3.01. The molecule has 0 bridgehead atoms. The first-order valence-electron chi connectivity index (χ1n) is 11.0. The maximum Gasteiger partial charge on any atom is 0.223 e. The predicted octanol–water partition coefficient (Wildman–Crippen LogP) is 5.02. The number of imidazole rings is 1. The number of carbonyl (C=O) groups excluding carboxylic acids is 1. The van der Waals surface area contributed by atoms with Gasteiger partial charge in [0.15, 0.2) is 0 Å². The standard InChI is InChI=1S/C24H32FN3O/c1-14(2)20-10-17(11-23-27-21-8-7-19(25)12-22(21)28-23)15(3)9-18(20)13-26-24(29)16-5-4-6-16/h7-9,12,14,16-18,20H,4-6,10-11,13H2,1-3H3,(H,26,29)(H,27,28)/t17-,18-,20-/m0/s1. The van der Waals surface area contributed by atoms with Crippen molar-refractivity contribution < 1.29 is 9.18 Å². The Balaban J connectivity index is 1.45. The number of nitrogens with zero attached hydrogens (tertiary/aromatic N) is 1. The van der Waals surface area contributed by atoms with E-state index in [0.717, 1.165) is 49.1 Å². The molecular weight excluding hydrogens is 365 g/mol. The zero-order valence-corrected chi connectivity index (χ0v) is 17.7. The summed E-state index contributed by atoms with van der Waals surface area (Å²) in [6.07, 6.45) is 7.58. The van der Waals surface area contributed by atoms with Crippen molar-refractivity contribution in [2.75, 3.05) is 6.54 Å². The summed E-state index contributed by atoms with van der Waals surface area (Å²) < 4.78 is 13.5. The Kier molecular flexibility index (Phi) is 5.75. The normalized spacial score (nSPS) is 25.1. The van der Waals surface area contributed by atoms with Crippen LogP contribution in [0.1, 0.15) is 52.3 Å². The molecule has 1 heterocycles. The van der Waals surface area contributed by atoms with Crippen LogP contribution in [0.3, 0.4) is 0 Å². The molecule has 2 N–H and O–H groups in total. The highest BCUT2D eigenvalue weighted by Crippen LogP contribution is 2.39. The highest BCUT2D eigenvalue weighted by molar-refractivity contribution is 5.79. The molecule has 3 atom stereocenters. The molecule has 1 fully saturated rings. The molecule has 29 heavy (non-hydrogen) atoms. The molecule has 1 aromatic heterocycles. The number of H-pyrrole nitrogens is 1. The van der Waals surface area contributed by atoms with Crippen LogP contribution in [0.15, 0.2) is 29.8 Å². The minimum absolute atomic E-state index is 0.237. The third-order valence-corrected chi connectivity index (χ3v) is 7.00. The van der Waals surface area contributed by atoms with Gasteiger partial charge in [0.25, 0.3) is 0 Å². The molecule has 156 valence electrons. The predicted molar refractivity (Wildman–Crippen MR) is 114 cm³/mol. The van der Waals surface area contributed by atoms with E-state index < -0.39 is 0 Å². The third kappa shape index (κ3) is 4.39. The molecule has 2 aromatic rings. The summed E-state index contributed by atoms with van der Waals surface area (Å²) in [5, 5.41) is 3.21. The zero-order valence-electron chi connectivity index (χ0n) is 17.7. The Morgan fingerprint density at radius 1 is 1.34 bits per heavy atom. The summed E-state index contributed by atoms with van der Waals surface area (Å²) in [7, 11) is 0. The summed E-state index contributed by atoms with van der Waals surface area (Å²) in [6, 6.07) is 4.69. The summed E-state index contributed by atoms with van der Waals surface area (Å²) in [5.41, 5.74) is 2.95. The van der Waals surface area contributed by atoms with Crippen LogP contribution in [0.5, 0.6) is 0 Å². The van der Waals surface area contributed by atoms with Crippen molar-refractivity contribution in [1.29, 1.82) is 0 Å². The molecule has 4 nitrogen and oxygen atoms in total. The van der Waals surface area contributed by atoms with Gasteiger partial charge in [0, 0.05) is 18.9 Å². The number of carbonyl (C=O) groups is 1. The topological polar surface area (TPSA) is 57.8 Å². The Bertz CT molecular complexity index is 912. The number of benzene rings is 1. The van der Waals surface area contributed by atoms with E-state index in [1.54, 1.807) is 6.07 Å². The van der Waals surface area contributed by atoms with Gasteiger partial charge in [0.2, 0.25) is 5.91 Å². The number of allylic oxidation sites excluding steroid dienone is 1. The van der Waals surface area contributed by atoms with Gasteiger partial charge in [-0.25, -0.2) is 9.37 Å². The lowest BCUT2D eigenvalue weighted by molar-refractivity contribution is -0.127. The van der Waals surface area contributed by atoms with Crippen LogP contribution >= 0.6 is 0 Å². The van der Waals surface area contributed by atoms with E-state index in [1.807, 2.05) is 0 Å². The molecule has 1 aromatic carbocycles. The van der Waals surface area contributed by atoms with E-state index in [-0.39, 0.29) is 17.6 Å². The summed E-state index contributed by atoms with van der Waals surface area (Å²) in [4.78, 5) is 20.2. The van der Waals surface area contributed by atoms with Gasteiger partial charge in [-0.1, -0.05) is 31.9 Å². The highest BCUT2D eigenvalue weighted by Gasteiger charge is 2.33. The smallest absolute Gasteiger partial charge is 0.223 e. The van der Waals surface area contributed by atoms with Crippen molar-refractivity contribution in [2.45, 2.75) is 52.9 Å². The van der Waals surface area contributed by atoms with Crippen molar-refractivity contribution in [3.63, 3.8) is 0 Å². The number of rotatable bonds is 6. The Morgan fingerprint density at radius 2 is 2.14 bits per heavy atom. The van der Waals surface area contributed by atoms with Crippen LogP contribution < -0.4 is 5.32 Å². The van der Waals surface area contributed by atoms with Crippen molar-refractivity contribution in [3.8, 4) is 0 Å². The Hall–Kier alpha value is -2.17. The fourth-order valence-corrected chi connectivity index (χ4v) is 4.91. The minimum Gasteiger partial charge on any atom is -0.355 e. The molecule has 4 rings (SSSR count). The molecule has 0 unspecified atom stereocenters. The Morgan fingerprint density at radius 3 is 2.83 bits per heavy atom. The van der Waals surface area contributed by atoms with E-state index in [0.29, 0.717) is 23.7 Å². The fourth-order valence-electron chi connectivity index (χ4n) is 4.91. The molecule has 0 saturated heterocycles. The van der Waals surface area contributed by atoms with E-state index in [4.69, 9.17) is 0 Å². The monoisotopic (exact) mass is 397 g/mol. The van der Waals surface area contributed by atoms with Crippen LogP contribution in [0, 0.1) is 35.4 Å². The van der Waals surface area contributed by atoms with Gasteiger partial charge < -0.3 is 10.3 Å². The summed E-state index contributed by atoms with van der Waals surface area (Å²) >= 11 is 0. The van der Waals surface area contributed by atoms with Crippen LogP contribution in [-0.2, 0) is 11.2 Å². The number of fused-ring (bicyclic) bond motifs is 1. The van der Waals surface area contributed by atoms with Crippen molar-refractivity contribution in [1.82, 2.24) is 15.3 Å². The molecule has 0 spiro atoms. The Labute approximate surface area is 172 Å². The number of nitrogens with one attached hydrogen (secondary N) is 2. The van der Waals surface area contributed by atoms with Gasteiger partial charge in [-0.3, -0.25) is 4.79 Å². The van der Waals surface area contributed by atoms with Crippen LogP contribution in [0.4, 0.5) is 4.39 Å². The minimum atomic E-state index is -0.242. The maximum atomic E-state index is 13.5. The molecule has 0 radical (unpaired) electrons. The van der Waals surface area contributed by atoms with E-state index in [1.165, 1.54) is 24.1 Å². The number of halogens is 1. The van der Waals surface area contributed by atoms with Gasteiger partial charge in [0.1, 0.15) is 11.6 Å². The van der Waals surface area contributed by atoms with Gasteiger partial charge in [-0.2, -0.15) is 0 Å². The first-order chi connectivity index (χ1) is 13.9. The van der Waals surface area contributed by atoms with E-state index >= 15 is 0 Å². The highest BCUT2D eigenvalue weighted by atomic mass is 19.1. The van der Waals surface area contributed by atoms with Gasteiger partial charge in [-0.05, 0) is 68.1 Å². The second kappa shape index (κ2) is 8.29. The number of hydrogen-bond donors (Lipinski definition) is 2. The first kappa shape index (κ1) is 20.1. The molecule has 5 heteroatoms. The maximum absolute atomic E-state index is 13.5. The van der Waals surface area contributed by atoms with Crippen molar-refractivity contribution in [2.24, 2.45) is 29.6 Å². The van der Waals surface area contributed by atoms with E-state index in [2.05, 4.69) is 42.1 Å². The van der Waals surface area contributed by atoms with Crippen molar-refractivity contribution in [3.05, 3.63) is 41.5 Å². The molecule has 0 aliphatic heterocycles. The second-order valence-corrected chi connectivity index (χ2v) is 9.34. The lowest BCUT2D eigenvalue weighted by Crippen LogP contribution is -2.40. The van der Waals surface area contributed by atoms with Gasteiger partial charge >= 0.3 is 0 Å². The second-order valence-electron chi connectivity index (χ2n) is 9.34. The number of amides is 1. The van der Waals surface area contributed by atoms with E-state index in [9.17, 15) is 9.18 Å². The summed E-state index contributed by atoms with van der Waals surface area (Å²) in [6.45, 7) is 7.50. The SMILES string of the molecule is CC1=C[C@@H](CNC(=O)C2CCC2)[C@H](C(C)C)C[C@H]1Cc1nc2ccc(F)cc2[nH]1. The number of aromatic amines is 1. The van der Waals surface area contributed by atoms with Crippen LogP contribution in [-0.4, -0.2) is 22.4 Å². The lowest BCUT2D eigenvalue weighted by Gasteiger charge is -2.37. The fraction of sp³-hybridized carbons (Fsp3) is 0.583. The largest absolute Gasteiger partial charge is 0.355 e. The zero-order chi connectivity index (χ0) is 20.5. The first-order valence-corrected chi connectivity index (χ1v) is 11.0. The lowest BCUT2D eigenvalue weighted by atomic mass is 9.69. The van der Waals surface area contributed by atoms with Crippen LogP contribution in [0.2, 0.25) is 0 Å². The third-order valence-electron chi connectivity index (χ3n) is 7.00. The molecular formula is C24H32FN3O. The van der Waals surface area contributed by atoms with Gasteiger partial charge in [0.05, 0.1) is 11.0 Å². The molecule has 1 amide bonds. The van der Waals surface area contributed by atoms with Gasteiger partial charge in [-0.15, -0.1) is 0 Å². The molecule has 1 saturated carbocycles.